The van der Waals surface area contributed by atoms with Crippen LogP contribution in [0.4, 0.5) is 19.0 Å². The van der Waals surface area contributed by atoms with E-state index in [1.807, 2.05) is 24.3 Å². The Morgan fingerprint density at radius 2 is 1.91 bits per heavy atom. The van der Waals surface area contributed by atoms with Gasteiger partial charge in [0.2, 0.25) is 0 Å². The first-order valence-corrected chi connectivity index (χ1v) is 13.9. The summed E-state index contributed by atoms with van der Waals surface area (Å²) in [4.78, 5) is 27.3. The molecule has 1 unspecified atom stereocenters. The van der Waals surface area contributed by atoms with Crippen molar-refractivity contribution in [3.05, 3.63) is 107 Å². The molecule has 3 aliphatic heterocycles. The Bertz CT molecular complexity index is 1690. The van der Waals surface area contributed by atoms with Crippen molar-refractivity contribution in [1.29, 1.82) is 5.26 Å². The summed E-state index contributed by atoms with van der Waals surface area (Å²) in [5, 5.41) is 12.9. The van der Waals surface area contributed by atoms with E-state index in [9.17, 15) is 18.0 Å². The van der Waals surface area contributed by atoms with Crippen molar-refractivity contribution >= 4 is 17.9 Å². The third-order valence-electron chi connectivity index (χ3n) is 7.80. The second-order valence-electron chi connectivity index (χ2n) is 10.5. The molecule has 224 valence electrons. The lowest BCUT2D eigenvalue weighted by molar-refractivity contribution is -0.0919. The SMILES string of the molecule is C=C1NN=CC(N2Cc3ccccc3C2COc2cncc(C(=O)N3CCN(c4ccc(C#N)cn4)CC3)c2)=C1C(F)(F)F. The Morgan fingerprint density at radius 1 is 1.11 bits per heavy atom. The van der Waals surface area contributed by atoms with Gasteiger partial charge in [-0.3, -0.25) is 15.2 Å². The van der Waals surface area contributed by atoms with Gasteiger partial charge in [-0.05, 0) is 29.3 Å². The summed E-state index contributed by atoms with van der Waals surface area (Å²) in [6, 6.07) is 14.0. The number of amides is 1. The van der Waals surface area contributed by atoms with Crippen molar-refractivity contribution in [3.63, 3.8) is 0 Å². The molecule has 1 fully saturated rings. The van der Waals surface area contributed by atoms with Crippen molar-refractivity contribution < 1.29 is 22.7 Å². The molecule has 0 aliphatic carbocycles. The molecule has 0 spiro atoms. The molecule has 1 N–H and O–H groups in total. The minimum atomic E-state index is -4.64. The largest absolute Gasteiger partial charge is 0.489 e. The maximum absolute atomic E-state index is 14.1. The van der Waals surface area contributed by atoms with E-state index < -0.39 is 17.8 Å². The van der Waals surface area contributed by atoms with Crippen LogP contribution in [0, 0.1) is 11.3 Å². The van der Waals surface area contributed by atoms with Gasteiger partial charge in [-0.25, -0.2) is 4.98 Å². The number of carbonyl (C=O) groups is 1. The van der Waals surface area contributed by atoms with Crippen molar-refractivity contribution in [2.24, 2.45) is 5.10 Å². The molecular formula is C31H27F3N8O2. The third kappa shape index (κ3) is 5.66. The van der Waals surface area contributed by atoms with Gasteiger partial charge in [0.05, 0.1) is 41.0 Å². The zero-order chi connectivity index (χ0) is 30.8. The first-order valence-electron chi connectivity index (χ1n) is 13.9. The van der Waals surface area contributed by atoms with Gasteiger partial charge in [0.1, 0.15) is 29.8 Å². The third-order valence-corrected chi connectivity index (χ3v) is 7.80. The summed E-state index contributed by atoms with van der Waals surface area (Å²) in [5.74, 6) is 0.871. The summed E-state index contributed by atoms with van der Waals surface area (Å²) < 4.78 is 48.3. The van der Waals surface area contributed by atoms with E-state index in [2.05, 4.69) is 38.0 Å². The lowest BCUT2D eigenvalue weighted by Gasteiger charge is -2.35. The Labute approximate surface area is 251 Å². The van der Waals surface area contributed by atoms with E-state index in [0.29, 0.717) is 43.1 Å². The fourth-order valence-corrected chi connectivity index (χ4v) is 5.63. The van der Waals surface area contributed by atoms with E-state index in [1.54, 1.807) is 28.0 Å². The van der Waals surface area contributed by atoms with Gasteiger partial charge in [0, 0.05) is 45.1 Å². The van der Waals surface area contributed by atoms with Gasteiger partial charge in [0.25, 0.3) is 5.91 Å². The summed E-state index contributed by atoms with van der Waals surface area (Å²) in [6.45, 7) is 5.86. The van der Waals surface area contributed by atoms with Gasteiger partial charge in [-0.2, -0.15) is 23.5 Å². The lowest BCUT2D eigenvalue weighted by atomic mass is 10.0. The molecule has 1 saturated heterocycles. The fourth-order valence-electron chi connectivity index (χ4n) is 5.63. The average molecular weight is 601 g/mol. The summed E-state index contributed by atoms with van der Waals surface area (Å²) in [7, 11) is 0. The van der Waals surface area contributed by atoms with Gasteiger partial charge >= 0.3 is 6.18 Å². The monoisotopic (exact) mass is 600 g/mol. The quantitative estimate of drug-likeness (QED) is 0.449. The maximum Gasteiger partial charge on any atom is 0.420 e. The molecule has 3 aromatic rings. The highest BCUT2D eigenvalue weighted by Crippen LogP contribution is 2.42. The highest BCUT2D eigenvalue weighted by Gasteiger charge is 2.43. The first-order chi connectivity index (χ1) is 21.2. The number of benzene rings is 1. The number of fused-ring (bicyclic) bond motifs is 1. The smallest absolute Gasteiger partial charge is 0.420 e. The van der Waals surface area contributed by atoms with Crippen molar-refractivity contribution in [2.75, 3.05) is 37.7 Å². The van der Waals surface area contributed by atoms with Crippen LogP contribution < -0.4 is 15.1 Å². The number of nitriles is 1. The predicted octanol–water partition coefficient (Wildman–Crippen LogP) is 4.17. The summed E-state index contributed by atoms with van der Waals surface area (Å²) in [5.41, 5.74) is 3.58. The Kier molecular flexibility index (Phi) is 7.65. The number of hydrogen-bond donors (Lipinski definition) is 1. The second kappa shape index (κ2) is 11.7. The maximum atomic E-state index is 14.1. The van der Waals surface area contributed by atoms with Gasteiger partial charge in [-0.15, -0.1) is 0 Å². The molecule has 0 bridgehead atoms. The minimum Gasteiger partial charge on any atom is -0.489 e. The van der Waals surface area contributed by atoms with Crippen molar-refractivity contribution in [3.8, 4) is 11.8 Å². The normalized spacial score (nSPS) is 18.2. The van der Waals surface area contributed by atoms with Crippen LogP contribution in [0.1, 0.15) is 33.1 Å². The van der Waals surface area contributed by atoms with E-state index in [4.69, 9.17) is 10.00 Å². The van der Waals surface area contributed by atoms with Crippen LogP contribution in [0.3, 0.4) is 0 Å². The van der Waals surface area contributed by atoms with Gasteiger partial charge < -0.3 is 19.4 Å². The lowest BCUT2D eigenvalue weighted by Crippen LogP contribution is -2.49. The number of nitrogens with zero attached hydrogens (tertiary/aromatic N) is 7. The zero-order valence-corrected chi connectivity index (χ0v) is 23.5. The van der Waals surface area contributed by atoms with E-state index >= 15 is 0 Å². The molecule has 0 radical (unpaired) electrons. The number of ether oxygens (including phenoxy) is 1. The Hall–Kier alpha value is -5.38. The van der Waals surface area contributed by atoms with Crippen molar-refractivity contribution in [1.82, 2.24) is 25.2 Å². The van der Waals surface area contributed by atoms with Gasteiger partial charge in [0.15, 0.2) is 0 Å². The number of allylic oxidation sites excluding steroid dienone is 2. The molecule has 6 rings (SSSR count). The number of pyridine rings is 2. The van der Waals surface area contributed by atoms with Crippen LogP contribution in [-0.4, -0.2) is 70.9 Å². The predicted molar refractivity (Wildman–Crippen MR) is 155 cm³/mol. The molecule has 1 aromatic carbocycles. The fraction of sp³-hybridized carbons (Fsp3) is 0.258. The number of aromatic nitrogens is 2. The highest BCUT2D eigenvalue weighted by molar-refractivity contribution is 5.94. The standard InChI is InChI=1S/C31H27F3N8O2/c1-20-29(31(32,33)34)26(17-38-39-20)42-18-22-4-2-3-5-25(22)27(42)19-44-24-12-23(15-36-16-24)30(43)41-10-8-40(9-11-41)28-7-6-21(13-35)14-37-28/h2-7,12,14-17,27,39H,1,8-11,18-19H2. The second-order valence-corrected chi connectivity index (χ2v) is 10.5. The molecule has 10 nitrogen and oxygen atoms in total. The average Bonchev–Trinajstić information content (AvgIpc) is 3.41. The van der Waals surface area contributed by atoms with E-state index in [1.165, 1.54) is 18.6 Å². The molecule has 1 atom stereocenters. The number of piperazine rings is 1. The number of nitrogens with one attached hydrogen (secondary N) is 1. The molecule has 1 amide bonds. The van der Waals surface area contributed by atoms with E-state index in [-0.39, 0.29) is 30.5 Å². The molecular weight excluding hydrogens is 573 g/mol. The van der Waals surface area contributed by atoms with Crippen LogP contribution in [0.25, 0.3) is 0 Å². The number of rotatable bonds is 6. The molecule has 0 saturated carbocycles. The van der Waals surface area contributed by atoms with Crippen LogP contribution in [0.15, 0.2) is 89.7 Å². The number of anilines is 1. The van der Waals surface area contributed by atoms with Crippen LogP contribution in [0.5, 0.6) is 5.75 Å². The van der Waals surface area contributed by atoms with Crippen LogP contribution >= 0.6 is 0 Å². The summed E-state index contributed by atoms with van der Waals surface area (Å²) >= 11 is 0. The Morgan fingerprint density at radius 3 is 2.64 bits per heavy atom. The number of alkyl halides is 3. The van der Waals surface area contributed by atoms with Crippen LogP contribution in [0.2, 0.25) is 0 Å². The van der Waals surface area contributed by atoms with E-state index in [0.717, 1.165) is 23.2 Å². The highest BCUT2D eigenvalue weighted by atomic mass is 19.4. The van der Waals surface area contributed by atoms with Gasteiger partial charge in [-0.1, -0.05) is 30.8 Å². The molecule has 5 heterocycles. The number of hydrogen-bond acceptors (Lipinski definition) is 9. The molecule has 2 aromatic heterocycles. The van der Waals surface area contributed by atoms with Crippen molar-refractivity contribution in [2.45, 2.75) is 18.8 Å². The summed E-state index contributed by atoms with van der Waals surface area (Å²) in [6.07, 6.45) is 0.989. The zero-order valence-electron chi connectivity index (χ0n) is 23.5. The number of halogens is 3. The first kappa shape index (κ1) is 28.7. The minimum absolute atomic E-state index is 0.00891. The van der Waals surface area contributed by atoms with Crippen LogP contribution in [-0.2, 0) is 6.54 Å². The Balaban J connectivity index is 1.16. The number of carbonyl (C=O) groups excluding carboxylic acids is 1. The topological polar surface area (TPSA) is 110 Å². The molecule has 44 heavy (non-hydrogen) atoms. The number of hydrazone groups is 1. The molecule has 13 heteroatoms. The molecule has 3 aliphatic rings.